The van der Waals surface area contributed by atoms with Crippen molar-refractivity contribution in [1.82, 2.24) is 15.0 Å². The number of benzene rings is 2. The lowest BCUT2D eigenvalue weighted by molar-refractivity contribution is 0.641. The molecule has 1 aliphatic heterocycles. The van der Waals surface area contributed by atoms with E-state index in [9.17, 15) is 0 Å². The molecule has 5 heteroatoms. The van der Waals surface area contributed by atoms with E-state index in [2.05, 4.69) is 63.3 Å². The van der Waals surface area contributed by atoms with Gasteiger partial charge in [0.15, 0.2) is 0 Å². The molecule has 4 aromatic rings. The second kappa shape index (κ2) is 7.51. The molecule has 1 saturated heterocycles. The highest BCUT2D eigenvalue weighted by molar-refractivity contribution is 5.80. The third-order valence-corrected chi connectivity index (χ3v) is 5.41. The predicted molar refractivity (Wildman–Crippen MR) is 118 cm³/mol. The first-order valence-corrected chi connectivity index (χ1v) is 10.0. The summed E-state index contributed by atoms with van der Waals surface area (Å²) < 4.78 is 0. The fraction of sp³-hybridized carbons (Fsp3) is 0.208. The zero-order valence-electron chi connectivity index (χ0n) is 16.5. The van der Waals surface area contributed by atoms with Crippen molar-refractivity contribution in [2.75, 3.05) is 36.0 Å². The van der Waals surface area contributed by atoms with Crippen LogP contribution >= 0.6 is 0 Å². The van der Waals surface area contributed by atoms with E-state index < -0.39 is 0 Å². The van der Waals surface area contributed by atoms with Crippen molar-refractivity contribution in [2.45, 2.75) is 6.92 Å². The largest absolute Gasteiger partial charge is 0.353 e. The van der Waals surface area contributed by atoms with Crippen LogP contribution in [0.2, 0.25) is 0 Å². The molecule has 0 saturated carbocycles. The average molecular weight is 381 g/mol. The Hall–Kier alpha value is -3.47. The van der Waals surface area contributed by atoms with Crippen molar-refractivity contribution < 1.29 is 0 Å². The maximum absolute atomic E-state index is 4.85. The van der Waals surface area contributed by atoms with Gasteiger partial charge in [-0.1, -0.05) is 48.5 Å². The molecule has 144 valence electrons. The third kappa shape index (κ3) is 3.63. The number of nitrogens with zero attached hydrogens (tertiary/aromatic N) is 5. The van der Waals surface area contributed by atoms with Gasteiger partial charge in [0.05, 0.1) is 11.2 Å². The molecule has 0 N–H and O–H groups in total. The van der Waals surface area contributed by atoms with Crippen LogP contribution in [-0.4, -0.2) is 41.1 Å². The number of hydrogen-bond acceptors (Lipinski definition) is 5. The maximum atomic E-state index is 4.85. The molecule has 0 radical (unpaired) electrons. The number of aryl methyl sites for hydroxylation is 1. The number of anilines is 2. The molecule has 29 heavy (non-hydrogen) atoms. The Bertz CT molecular complexity index is 1130. The average Bonchev–Trinajstić information content (AvgIpc) is 2.79. The second-order valence-electron chi connectivity index (χ2n) is 7.36. The summed E-state index contributed by atoms with van der Waals surface area (Å²) in [6, 6.07) is 25.0. The van der Waals surface area contributed by atoms with Gasteiger partial charge in [0, 0.05) is 43.2 Å². The van der Waals surface area contributed by atoms with Gasteiger partial charge in [0.1, 0.15) is 17.5 Å². The third-order valence-electron chi connectivity index (χ3n) is 5.41. The number of pyridine rings is 1. The molecular weight excluding hydrogens is 358 g/mol. The van der Waals surface area contributed by atoms with Crippen molar-refractivity contribution >= 4 is 22.5 Å². The summed E-state index contributed by atoms with van der Waals surface area (Å²) in [6.07, 6.45) is 0. The molecule has 1 aliphatic rings. The van der Waals surface area contributed by atoms with Crippen molar-refractivity contribution in [3.05, 3.63) is 78.6 Å². The van der Waals surface area contributed by atoms with Crippen LogP contribution in [0.15, 0.2) is 72.8 Å². The highest BCUT2D eigenvalue weighted by Gasteiger charge is 2.20. The molecule has 2 aromatic carbocycles. The van der Waals surface area contributed by atoms with E-state index in [1.807, 2.05) is 31.2 Å². The van der Waals surface area contributed by atoms with Crippen LogP contribution in [0.1, 0.15) is 5.82 Å². The van der Waals surface area contributed by atoms with E-state index in [-0.39, 0.29) is 0 Å². The zero-order chi connectivity index (χ0) is 19.6. The number of piperazine rings is 1. The predicted octanol–water partition coefficient (Wildman–Crippen LogP) is 4.33. The normalized spacial score (nSPS) is 14.4. The molecule has 0 unspecified atom stereocenters. The summed E-state index contributed by atoms with van der Waals surface area (Å²) in [5.41, 5.74) is 3.15. The molecule has 0 spiro atoms. The molecule has 0 atom stereocenters. The van der Waals surface area contributed by atoms with Gasteiger partial charge in [0.25, 0.3) is 0 Å². The summed E-state index contributed by atoms with van der Waals surface area (Å²) in [5, 5.41) is 1.18. The first kappa shape index (κ1) is 17.6. The summed E-state index contributed by atoms with van der Waals surface area (Å²) in [4.78, 5) is 18.9. The fourth-order valence-corrected chi connectivity index (χ4v) is 3.87. The standard InChI is InChI=1S/C24H23N5/c1-18-25-22(19-7-3-2-4-8-19)17-24(26-18)29-15-13-28(14-16-29)23-12-11-20-9-5-6-10-21(20)27-23/h2-12,17H,13-16H2,1H3. The minimum Gasteiger partial charge on any atom is -0.353 e. The summed E-state index contributed by atoms with van der Waals surface area (Å²) >= 11 is 0. The van der Waals surface area contributed by atoms with Gasteiger partial charge in [0.2, 0.25) is 0 Å². The van der Waals surface area contributed by atoms with E-state index in [0.29, 0.717) is 0 Å². The summed E-state index contributed by atoms with van der Waals surface area (Å²) in [5.74, 6) is 2.86. The van der Waals surface area contributed by atoms with Crippen LogP contribution in [0, 0.1) is 6.92 Å². The van der Waals surface area contributed by atoms with Gasteiger partial charge >= 0.3 is 0 Å². The summed E-state index contributed by atoms with van der Waals surface area (Å²) in [7, 11) is 0. The molecular formula is C24H23N5. The molecule has 3 heterocycles. The van der Waals surface area contributed by atoms with Gasteiger partial charge in [-0.05, 0) is 25.1 Å². The Labute approximate surface area is 170 Å². The molecule has 0 amide bonds. The first-order chi connectivity index (χ1) is 14.3. The highest BCUT2D eigenvalue weighted by Crippen LogP contribution is 2.24. The lowest BCUT2D eigenvalue weighted by atomic mass is 10.1. The second-order valence-corrected chi connectivity index (χ2v) is 7.36. The van der Waals surface area contributed by atoms with Crippen LogP contribution in [0.5, 0.6) is 0 Å². The Balaban J connectivity index is 1.34. The Kier molecular flexibility index (Phi) is 4.56. The number of rotatable bonds is 3. The first-order valence-electron chi connectivity index (χ1n) is 10.0. The Morgan fingerprint density at radius 1 is 0.655 bits per heavy atom. The topological polar surface area (TPSA) is 45.2 Å². The van der Waals surface area contributed by atoms with Crippen molar-refractivity contribution in [3.8, 4) is 11.3 Å². The molecule has 0 bridgehead atoms. The minimum absolute atomic E-state index is 0.806. The van der Waals surface area contributed by atoms with E-state index in [0.717, 1.165) is 60.4 Å². The van der Waals surface area contributed by atoms with Crippen LogP contribution in [0.4, 0.5) is 11.6 Å². The van der Waals surface area contributed by atoms with Crippen molar-refractivity contribution in [2.24, 2.45) is 0 Å². The number of aromatic nitrogens is 3. The SMILES string of the molecule is Cc1nc(-c2ccccc2)cc(N2CCN(c3ccc4ccccc4n3)CC2)n1. The molecule has 0 aliphatic carbocycles. The quantitative estimate of drug-likeness (QED) is 0.529. The van der Waals surface area contributed by atoms with Crippen LogP contribution in [0.25, 0.3) is 22.2 Å². The number of fused-ring (bicyclic) bond motifs is 1. The number of para-hydroxylation sites is 1. The molecule has 5 rings (SSSR count). The van der Waals surface area contributed by atoms with Gasteiger partial charge in [-0.2, -0.15) is 0 Å². The lowest BCUT2D eigenvalue weighted by Crippen LogP contribution is -2.47. The van der Waals surface area contributed by atoms with Crippen LogP contribution in [-0.2, 0) is 0 Å². The zero-order valence-corrected chi connectivity index (χ0v) is 16.5. The molecule has 5 nitrogen and oxygen atoms in total. The van der Waals surface area contributed by atoms with Gasteiger partial charge in [-0.15, -0.1) is 0 Å². The van der Waals surface area contributed by atoms with Crippen molar-refractivity contribution in [3.63, 3.8) is 0 Å². The van der Waals surface area contributed by atoms with E-state index in [1.54, 1.807) is 0 Å². The minimum atomic E-state index is 0.806. The van der Waals surface area contributed by atoms with Crippen LogP contribution < -0.4 is 9.80 Å². The lowest BCUT2D eigenvalue weighted by Gasteiger charge is -2.36. The highest BCUT2D eigenvalue weighted by atomic mass is 15.3. The van der Waals surface area contributed by atoms with E-state index >= 15 is 0 Å². The molecule has 2 aromatic heterocycles. The maximum Gasteiger partial charge on any atom is 0.132 e. The number of hydrogen-bond donors (Lipinski definition) is 0. The van der Waals surface area contributed by atoms with Crippen molar-refractivity contribution in [1.29, 1.82) is 0 Å². The van der Waals surface area contributed by atoms with Crippen LogP contribution in [0.3, 0.4) is 0 Å². The van der Waals surface area contributed by atoms with Gasteiger partial charge < -0.3 is 9.80 Å². The van der Waals surface area contributed by atoms with Gasteiger partial charge in [-0.25, -0.2) is 15.0 Å². The van der Waals surface area contributed by atoms with E-state index in [4.69, 9.17) is 9.97 Å². The fourth-order valence-electron chi connectivity index (χ4n) is 3.87. The Morgan fingerprint density at radius 3 is 2.14 bits per heavy atom. The molecule has 1 fully saturated rings. The van der Waals surface area contributed by atoms with E-state index in [1.165, 1.54) is 5.39 Å². The van der Waals surface area contributed by atoms with Gasteiger partial charge in [-0.3, -0.25) is 0 Å². The Morgan fingerprint density at radius 2 is 1.34 bits per heavy atom. The smallest absolute Gasteiger partial charge is 0.132 e. The summed E-state index contributed by atoms with van der Waals surface area (Å²) in [6.45, 7) is 5.65. The monoisotopic (exact) mass is 381 g/mol.